The SMILES string of the molecule is NS(=O)(=O)c1ccc(CCNC(=O)Nc2ccc(Br)cc2)cc1. The molecular weight excluding hydrogens is 382 g/mol. The average Bonchev–Trinajstić information content (AvgIpc) is 2.49. The van der Waals surface area contributed by atoms with Gasteiger partial charge in [-0.05, 0) is 48.4 Å². The summed E-state index contributed by atoms with van der Waals surface area (Å²) in [7, 11) is -3.67. The minimum atomic E-state index is -3.67. The second-order valence-corrected chi connectivity index (χ2v) is 7.30. The molecule has 0 saturated carbocycles. The van der Waals surface area contributed by atoms with E-state index in [1.54, 1.807) is 24.3 Å². The second kappa shape index (κ2) is 7.58. The minimum absolute atomic E-state index is 0.0715. The monoisotopic (exact) mass is 397 g/mol. The van der Waals surface area contributed by atoms with E-state index in [9.17, 15) is 13.2 Å². The first-order valence-corrected chi connectivity index (χ1v) is 9.11. The highest BCUT2D eigenvalue weighted by Gasteiger charge is 2.07. The molecule has 6 nitrogen and oxygen atoms in total. The highest BCUT2D eigenvalue weighted by atomic mass is 79.9. The largest absolute Gasteiger partial charge is 0.338 e. The van der Waals surface area contributed by atoms with Gasteiger partial charge in [-0.2, -0.15) is 0 Å². The van der Waals surface area contributed by atoms with Gasteiger partial charge in [-0.3, -0.25) is 0 Å². The average molecular weight is 398 g/mol. The molecule has 2 amide bonds. The van der Waals surface area contributed by atoms with Crippen molar-refractivity contribution in [1.29, 1.82) is 0 Å². The third-order valence-electron chi connectivity index (χ3n) is 3.05. The van der Waals surface area contributed by atoms with Crippen molar-refractivity contribution in [2.75, 3.05) is 11.9 Å². The summed E-state index contributed by atoms with van der Waals surface area (Å²) < 4.78 is 23.2. The lowest BCUT2D eigenvalue weighted by Gasteiger charge is -2.08. The molecule has 0 aliphatic carbocycles. The van der Waals surface area contributed by atoms with Gasteiger partial charge in [-0.25, -0.2) is 18.4 Å². The summed E-state index contributed by atoms with van der Waals surface area (Å²) in [6.45, 7) is 0.428. The number of primary sulfonamides is 1. The number of benzene rings is 2. The molecule has 0 spiro atoms. The van der Waals surface area contributed by atoms with E-state index in [-0.39, 0.29) is 10.9 Å². The molecule has 0 fully saturated rings. The van der Waals surface area contributed by atoms with Gasteiger partial charge in [0.25, 0.3) is 0 Å². The summed E-state index contributed by atoms with van der Waals surface area (Å²) in [4.78, 5) is 11.8. The summed E-state index contributed by atoms with van der Waals surface area (Å²) in [5.74, 6) is 0. The zero-order chi connectivity index (χ0) is 16.9. The van der Waals surface area contributed by atoms with Crippen molar-refractivity contribution in [3.63, 3.8) is 0 Å². The van der Waals surface area contributed by atoms with Gasteiger partial charge in [0, 0.05) is 16.7 Å². The van der Waals surface area contributed by atoms with Crippen molar-refractivity contribution in [2.45, 2.75) is 11.3 Å². The van der Waals surface area contributed by atoms with Gasteiger partial charge in [0.15, 0.2) is 0 Å². The number of hydrogen-bond donors (Lipinski definition) is 3. The molecule has 0 aliphatic heterocycles. The Bertz CT molecular complexity index is 775. The molecule has 4 N–H and O–H groups in total. The van der Waals surface area contributed by atoms with Crippen LogP contribution in [0.25, 0.3) is 0 Å². The molecule has 0 unspecified atom stereocenters. The number of sulfonamides is 1. The predicted octanol–water partition coefficient (Wildman–Crippen LogP) is 2.46. The van der Waals surface area contributed by atoms with Crippen LogP contribution >= 0.6 is 15.9 Å². The van der Waals surface area contributed by atoms with E-state index in [1.807, 2.05) is 12.1 Å². The van der Waals surface area contributed by atoms with E-state index in [4.69, 9.17) is 5.14 Å². The molecule has 122 valence electrons. The van der Waals surface area contributed by atoms with E-state index >= 15 is 0 Å². The Morgan fingerprint density at radius 3 is 2.22 bits per heavy atom. The fourth-order valence-electron chi connectivity index (χ4n) is 1.87. The van der Waals surface area contributed by atoms with E-state index in [0.29, 0.717) is 18.7 Å². The van der Waals surface area contributed by atoms with Crippen molar-refractivity contribution >= 4 is 37.7 Å². The molecule has 0 heterocycles. The van der Waals surface area contributed by atoms with Gasteiger partial charge in [0.05, 0.1) is 4.90 Å². The van der Waals surface area contributed by atoms with Gasteiger partial charge in [0.1, 0.15) is 0 Å². The number of urea groups is 1. The van der Waals surface area contributed by atoms with Crippen molar-refractivity contribution in [3.05, 3.63) is 58.6 Å². The zero-order valence-corrected chi connectivity index (χ0v) is 14.5. The van der Waals surface area contributed by atoms with Crippen LogP contribution in [0.1, 0.15) is 5.56 Å². The Morgan fingerprint density at radius 1 is 1.04 bits per heavy atom. The van der Waals surface area contributed by atoms with Crippen molar-refractivity contribution in [1.82, 2.24) is 5.32 Å². The Kier molecular flexibility index (Phi) is 5.75. The van der Waals surface area contributed by atoms with Crippen LogP contribution in [-0.2, 0) is 16.4 Å². The lowest BCUT2D eigenvalue weighted by Crippen LogP contribution is -2.30. The summed E-state index contributed by atoms with van der Waals surface area (Å²) >= 11 is 3.32. The zero-order valence-electron chi connectivity index (χ0n) is 12.1. The maximum absolute atomic E-state index is 11.7. The first kappa shape index (κ1) is 17.5. The van der Waals surface area contributed by atoms with Crippen molar-refractivity contribution in [2.24, 2.45) is 5.14 Å². The van der Waals surface area contributed by atoms with Crippen LogP contribution in [-0.4, -0.2) is 21.0 Å². The maximum atomic E-state index is 11.7. The topological polar surface area (TPSA) is 101 Å². The van der Waals surface area contributed by atoms with Gasteiger partial charge in [-0.1, -0.05) is 28.1 Å². The van der Waals surface area contributed by atoms with E-state index in [2.05, 4.69) is 26.6 Å². The van der Waals surface area contributed by atoms with Crippen LogP contribution in [0.5, 0.6) is 0 Å². The Labute approximate surface area is 143 Å². The maximum Gasteiger partial charge on any atom is 0.319 e. The predicted molar refractivity (Wildman–Crippen MR) is 92.7 cm³/mol. The number of hydrogen-bond acceptors (Lipinski definition) is 3. The number of carbonyl (C=O) groups is 1. The van der Waals surface area contributed by atoms with Crippen LogP contribution in [0.15, 0.2) is 57.9 Å². The van der Waals surface area contributed by atoms with Crippen LogP contribution in [0, 0.1) is 0 Å². The number of nitrogens with two attached hydrogens (primary N) is 1. The molecule has 0 saturated heterocycles. The molecular formula is C15H16BrN3O3S. The van der Waals surface area contributed by atoms with Crippen LogP contribution in [0.3, 0.4) is 0 Å². The first-order valence-electron chi connectivity index (χ1n) is 6.77. The second-order valence-electron chi connectivity index (χ2n) is 4.83. The summed E-state index contributed by atoms with van der Waals surface area (Å²) in [6, 6.07) is 13.2. The third-order valence-corrected chi connectivity index (χ3v) is 4.51. The standard InChI is InChI=1S/C15H16BrN3O3S/c16-12-3-5-13(6-4-12)19-15(20)18-10-9-11-1-7-14(8-2-11)23(17,21)22/h1-8H,9-10H2,(H2,17,21,22)(H2,18,19,20). The van der Waals surface area contributed by atoms with Gasteiger partial charge in [0.2, 0.25) is 10.0 Å². The number of rotatable bonds is 5. The van der Waals surface area contributed by atoms with Crippen LogP contribution in [0.2, 0.25) is 0 Å². The van der Waals surface area contributed by atoms with Crippen LogP contribution in [0.4, 0.5) is 10.5 Å². The lowest BCUT2D eigenvalue weighted by molar-refractivity contribution is 0.252. The van der Waals surface area contributed by atoms with E-state index in [1.165, 1.54) is 12.1 Å². The summed E-state index contributed by atoms with van der Waals surface area (Å²) in [6.07, 6.45) is 0.582. The van der Waals surface area contributed by atoms with Gasteiger partial charge in [-0.15, -0.1) is 0 Å². The van der Waals surface area contributed by atoms with Gasteiger partial charge < -0.3 is 10.6 Å². The molecule has 0 radical (unpaired) electrons. The number of carbonyl (C=O) groups excluding carboxylic acids is 1. The minimum Gasteiger partial charge on any atom is -0.338 e. The molecule has 2 aromatic carbocycles. The Hall–Kier alpha value is -1.90. The molecule has 23 heavy (non-hydrogen) atoms. The number of nitrogens with one attached hydrogen (secondary N) is 2. The van der Waals surface area contributed by atoms with E-state index in [0.717, 1.165) is 10.0 Å². The molecule has 2 aromatic rings. The lowest BCUT2D eigenvalue weighted by atomic mass is 10.1. The Balaban J connectivity index is 1.80. The fourth-order valence-corrected chi connectivity index (χ4v) is 2.65. The Morgan fingerprint density at radius 2 is 1.65 bits per heavy atom. The fraction of sp³-hybridized carbons (Fsp3) is 0.133. The van der Waals surface area contributed by atoms with E-state index < -0.39 is 10.0 Å². The normalized spacial score (nSPS) is 11.0. The first-order chi connectivity index (χ1) is 10.8. The van der Waals surface area contributed by atoms with Crippen LogP contribution < -0.4 is 15.8 Å². The van der Waals surface area contributed by atoms with Crippen molar-refractivity contribution in [3.8, 4) is 0 Å². The number of halogens is 1. The quantitative estimate of drug-likeness (QED) is 0.721. The summed E-state index contributed by atoms with van der Waals surface area (Å²) in [5, 5.41) is 10.5. The molecule has 8 heteroatoms. The molecule has 0 bridgehead atoms. The third kappa shape index (κ3) is 5.66. The number of amides is 2. The summed E-state index contributed by atoms with van der Waals surface area (Å²) in [5.41, 5.74) is 1.60. The van der Waals surface area contributed by atoms with Gasteiger partial charge >= 0.3 is 6.03 Å². The molecule has 0 aliphatic rings. The molecule has 0 atom stereocenters. The highest BCUT2D eigenvalue weighted by Crippen LogP contribution is 2.14. The molecule has 2 rings (SSSR count). The highest BCUT2D eigenvalue weighted by molar-refractivity contribution is 9.10. The number of anilines is 1. The van der Waals surface area contributed by atoms with Crippen molar-refractivity contribution < 1.29 is 13.2 Å². The smallest absolute Gasteiger partial charge is 0.319 e. The molecule has 0 aromatic heterocycles.